The summed E-state index contributed by atoms with van der Waals surface area (Å²) in [4.78, 5) is 14.3. The van der Waals surface area contributed by atoms with E-state index in [2.05, 4.69) is 25.7 Å². The molecular weight excluding hydrogens is 276 g/mol. The summed E-state index contributed by atoms with van der Waals surface area (Å²) >= 11 is 0. The normalized spacial score (nSPS) is 30.6. The van der Waals surface area contributed by atoms with Crippen LogP contribution in [0.25, 0.3) is 0 Å². The highest BCUT2D eigenvalue weighted by atomic mass is 16.3. The smallest absolute Gasteiger partial charge is 0.223 e. The third kappa shape index (κ3) is 2.81. The Hall–Kier alpha value is -1.29. The van der Waals surface area contributed by atoms with Crippen molar-refractivity contribution in [2.24, 2.45) is 10.8 Å². The SMILES string of the molecule is CCn1cc(O)c(=O)cc1CN1CC2(C)CC1CC(C)(C)C2. The number of aryl methyl sites for hydroxylation is 1. The molecule has 2 fully saturated rings. The molecule has 122 valence electrons. The van der Waals surface area contributed by atoms with Crippen molar-refractivity contribution in [3.8, 4) is 5.75 Å². The quantitative estimate of drug-likeness (QED) is 0.934. The van der Waals surface area contributed by atoms with Gasteiger partial charge >= 0.3 is 0 Å². The van der Waals surface area contributed by atoms with Crippen LogP contribution in [-0.4, -0.2) is 27.2 Å². The Morgan fingerprint density at radius 1 is 1.32 bits per heavy atom. The average Bonchev–Trinajstić information content (AvgIpc) is 2.62. The highest BCUT2D eigenvalue weighted by molar-refractivity contribution is 5.21. The molecule has 2 unspecified atom stereocenters. The van der Waals surface area contributed by atoms with E-state index in [0.29, 0.717) is 16.9 Å². The first-order chi connectivity index (χ1) is 10.2. The topological polar surface area (TPSA) is 45.5 Å². The van der Waals surface area contributed by atoms with Crippen molar-refractivity contribution in [3.63, 3.8) is 0 Å². The van der Waals surface area contributed by atoms with Crippen LogP contribution in [0.2, 0.25) is 0 Å². The summed E-state index contributed by atoms with van der Waals surface area (Å²) in [6.45, 7) is 11.9. The van der Waals surface area contributed by atoms with Gasteiger partial charge in [0.05, 0.1) is 6.20 Å². The zero-order valence-electron chi connectivity index (χ0n) is 14.2. The second-order valence-electron chi connectivity index (χ2n) is 8.42. The average molecular weight is 304 g/mol. The number of hydrogen-bond donors (Lipinski definition) is 1. The van der Waals surface area contributed by atoms with Gasteiger partial charge in [-0.15, -0.1) is 0 Å². The van der Waals surface area contributed by atoms with Crippen molar-refractivity contribution in [3.05, 3.63) is 28.2 Å². The Balaban J connectivity index is 1.86. The molecule has 0 radical (unpaired) electrons. The van der Waals surface area contributed by atoms with Crippen LogP contribution >= 0.6 is 0 Å². The van der Waals surface area contributed by atoms with Gasteiger partial charge in [-0.25, -0.2) is 0 Å². The molecule has 4 heteroatoms. The van der Waals surface area contributed by atoms with Gasteiger partial charge in [-0.05, 0) is 37.0 Å². The molecule has 2 atom stereocenters. The number of hydrogen-bond acceptors (Lipinski definition) is 3. The van der Waals surface area contributed by atoms with Gasteiger partial charge in [0.25, 0.3) is 0 Å². The number of pyridine rings is 1. The molecular formula is C18H28N2O2. The van der Waals surface area contributed by atoms with E-state index in [1.807, 2.05) is 11.5 Å². The third-order valence-electron chi connectivity index (χ3n) is 5.43. The van der Waals surface area contributed by atoms with Crippen LogP contribution in [0.15, 0.2) is 17.1 Å². The van der Waals surface area contributed by atoms with E-state index in [-0.39, 0.29) is 11.2 Å². The van der Waals surface area contributed by atoms with E-state index >= 15 is 0 Å². The van der Waals surface area contributed by atoms with Crippen LogP contribution in [0.3, 0.4) is 0 Å². The van der Waals surface area contributed by atoms with Gasteiger partial charge in [0.2, 0.25) is 5.43 Å². The monoisotopic (exact) mass is 304 g/mol. The minimum atomic E-state index is -0.270. The van der Waals surface area contributed by atoms with E-state index in [4.69, 9.17) is 0 Å². The number of rotatable bonds is 3. The first kappa shape index (κ1) is 15.6. The van der Waals surface area contributed by atoms with Crippen LogP contribution in [-0.2, 0) is 13.1 Å². The molecule has 1 aromatic heterocycles. The second-order valence-corrected chi connectivity index (χ2v) is 8.42. The number of nitrogens with zero attached hydrogens (tertiary/aromatic N) is 2. The molecule has 1 saturated carbocycles. The predicted molar refractivity (Wildman–Crippen MR) is 88.0 cm³/mol. The van der Waals surface area contributed by atoms with Gasteiger partial charge in [-0.2, -0.15) is 0 Å². The fraction of sp³-hybridized carbons (Fsp3) is 0.722. The first-order valence-corrected chi connectivity index (χ1v) is 8.38. The van der Waals surface area contributed by atoms with Gasteiger partial charge in [0.1, 0.15) is 0 Å². The lowest BCUT2D eigenvalue weighted by Crippen LogP contribution is -2.35. The second kappa shape index (κ2) is 5.12. The van der Waals surface area contributed by atoms with E-state index in [1.54, 1.807) is 12.3 Å². The lowest BCUT2D eigenvalue weighted by molar-refractivity contribution is 0.126. The molecule has 1 aliphatic carbocycles. The number of aromatic hydroxyl groups is 1. The van der Waals surface area contributed by atoms with E-state index < -0.39 is 0 Å². The highest BCUT2D eigenvalue weighted by Gasteiger charge is 2.49. The van der Waals surface area contributed by atoms with Gasteiger partial charge in [-0.3, -0.25) is 9.69 Å². The molecule has 2 heterocycles. The van der Waals surface area contributed by atoms with Gasteiger partial charge < -0.3 is 9.67 Å². The fourth-order valence-electron chi connectivity index (χ4n) is 5.00. The Morgan fingerprint density at radius 3 is 2.73 bits per heavy atom. The molecule has 2 aliphatic rings. The molecule has 4 nitrogen and oxygen atoms in total. The molecule has 22 heavy (non-hydrogen) atoms. The van der Waals surface area contributed by atoms with Gasteiger partial charge in [0, 0.05) is 37.4 Å². The predicted octanol–water partition coefficient (Wildman–Crippen LogP) is 2.97. The Bertz CT molecular complexity index is 634. The zero-order valence-corrected chi connectivity index (χ0v) is 14.2. The number of likely N-dealkylation sites (tertiary alicyclic amines) is 1. The maximum atomic E-state index is 11.8. The Labute approximate surface area is 132 Å². The lowest BCUT2D eigenvalue weighted by Gasteiger charge is -2.40. The lowest BCUT2D eigenvalue weighted by atomic mass is 9.65. The fourth-order valence-corrected chi connectivity index (χ4v) is 5.00. The van der Waals surface area contributed by atoms with Crippen LogP contribution in [0, 0.1) is 10.8 Å². The van der Waals surface area contributed by atoms with Crippen molar-refractivity contribution < 1.29 is 5.11 Å². The molecule has 0 amide bonds. The van der Waals surface area contributed by atoms with Crippen LogP contribution in [0.5, 0.6) is 5.75 Å². The van der Waals surface area contributed by atoms with Crippen LogP contribution < -0.4 is 5.43 Å². The molecule has 1 saturated heterocycles. The van der Waals surface area contributed by atoms with Crippen LogP contribution in [0.1, 0.15) is 52.7 Å². The number of fused-ring (bicyclic) bond motifs is 2. The van der Waals surface area contributed by atoms with Crippen molar-refractivity contribution in [2.45, 2.75) is 66.1 Å². The summed E-state index contributed by atoms with van der Waals surface area (Å²) in [6.07, 6.45) is 5.36. The molecule has 2 bridgehead atoms. The summed E-state index contributed by atoms with van der Waals surface area (Å²) in [6, 6.07) is 2.22. The minimum Gasteiger partial charge on any atom is -0.503 e. The maximum absolute atomic E-state index is 11.8. The maximum Gasteiger partial charge on any atom is 0.223 e. The summed E-state index contributed by atoms with van der Waals surface area (Å²) < 4.78 is 1.99. The highest BCUT2D eigenvalue weighted by Crippen LogP contribution is 2.52. The first-order valence-electron chi connectivity index (χ1n) is 8.38. The summed E-state index contributed by atoms with van der Waals surface area (Å²) in [5.74, 6) is -0.154. The largest absolute Gasteiger partial charge is 0.503 e. The standard InChI is InChI=1S/C18H28N2O2/c1-5-19-10-16(22)15(21)6-13(19)9-20-12-18(4)8-14(20)7-17(2,3)11-18/h6,10,14,22H,5,7-9,11-12H2,1-4H3. The van der Waals surface area contributed by atoms with Crippen molar-refractivity contribution in [2.75, 3.05) is 6.54 Å². The van der Waals surface area contributed by atoms with Crippen LogP contribution in [0.4, 0.5) is 0 Å². The molecule has 3 rings (SSSR count). The van der Waals surface area contributed by atoms with E-state index in [0.717, 1.165) is 25.3 Å². The van der Waals surface area contributed by atoms with E-state index in [9.17, 15) is 9.90 Å². The molecule has 0 aromatic carbocycles. The van der Waals surface area contributed by atoms with Gasteiger partial charge in [0.15, 0.2) is 5.75 Å². The number of aromatic nitrogens is 1. The molecule has 1 aliphatic heterocycles. The Morgan fingerprint density at radius 2 is 2.05 bits per heavy atom. The third-order valence-corrected chi connectivity index (χ3v) is 5.43. The van der Waals surface area contributed by atoms with Gasteiger partial charge in [-0.1, -0.05) is 20.8 Å². The van der Waals surface area contributed by atoms with Crippen molar-refractivity contribution in [1.29, 1.82) is 0 Å². The molecule has 0 spiro atoms. The van der Waals surface area contributed by atoms with E-state index in [1.165, 1.54) is 19.3 Å². The van der Waals surface area contributed by atoms with Crippen molar-refractivity contribution in [1.82, 2.24) is 9.47 Å². The summed E-state index contributed by atoms with van der Waals surface area (Å²) in [5, 5.41) is 9.63. The minimum absolute atomic E-state index is 0.154. The zero-order chi connectivity index (χ0) is 16.1. The molecule has 1 N–H and O–H groups in total. The van der Waals surface area contributed by atoms with Crippen molar-refractivity contribution >= 4 is 0 Å². The summed E-state index contributed by atoms with van der Waals surface area (Å²) in [5.41, 5.74) is 1.56. The summed E-state index contributed by atoms with van der Waals surface area (Å²) in [7, 11) is 0. The molecule has 1 aromatic rings. The Kier molecular flexibility index (Phi) is 3.63.